The van der Waals surface area contributed by atoms with E-state index in [9.17, 15) is 31.2 Å². The first-order valence-electron chi connectivity index (χ1n) is 12.1. The molecule has 0 bridgehead atoms. The molecule has 2 aromatic carbocycles. The van der Waals surface area contributed by atoms with Gasteiger partial charge >= 0.3 is 6.18 Å². The van der Waals surface area contributed by atoms with Crippen LogP contribution in [0.25, 0.3) is 22.0 Å². The van der Waals surface area contributed by atoms with Gasteiger partial charge in [0.05, 0.1) is 16.9 Å². The Bertz CT molecular complexity index is 1470. The summed E-state index contributed by atoms with van der Waals surface area (Å²) in [6.45, 7) is 0.866. The van der Waals surface area contributed by atoms with Crippen LogP contribution in [-0.4, -0.2) is 37.6 Å². The predicted molar refractivity (Wildman–Crippen MR) is 130 cm³/mol. The summed E-state index contributed by atoms with van der Waals surface area (Å²) in [6, 6.07) is 7.93. The van der Waals surface area contributed by atoms with Crippen LogP contribution in [0.1, 0.15) is 55.3 Å². The Balaban J connectivity index is 1.69. The summed E-state index contributed by atoms with van der Waals surface area (Å²) >= 11 is 0. The standard InChI is InChI=1S/C26H25F4N3O3S/c27-22-6-1-3-17(14-31)24(22)16-7-8-20-21(15-33(23(20)13-16)18-9-11-36-12-10-18)25(26(28,29)30)32-37(34,35)19-4-2-5-19/h1,3,6-8,13,15,18-19,25,32H,2,4-5,9-12H2. The molecule has 5 rings (SSSR count). The van der Waals surface area contributed by atoms with Crippen LogP contribution < -0.4 is 4.72 Å². The molecule has 1 aliphatic carbocycles. The monoisotopic (exact) mass is 535 g/mol. The number of aromatic nitrogens is 1. The summed E-state index contributed by atoms with van der Waals surface area (Å²) in [6.07, 6.45) is -1.09. The van der Waals surface area contributed by atoms with E-state index in [-0.39, 0.29) is 28.1 Å². The zero-order valence-electron chi connectivity index (χ0n) is 19.8. The van der Waals surface area contributed by atoms with Gasteiger partial charge in [-0.15, -0.1) is 0 Å². The van der Waals surface area contributed by atoms with Crippen molar-refractivity contribution in [1.29, 1.82) is 5.26 Å². The average Bonchev–Trinajstić information content (AvgIpc) is 3.19. The molecule has 6 nitrogen and oxygen atoms in total. The molecule has 1 aliphatic heterocycles. The molecule has 2 aliphatic rings. The summed E-state index contributed by atoms with van der Waals surface area (Å²) in [5.41, 5.74) is 0.705. The molecule has 11 heteroatoms. The summed E-state index contributed by atoms with van der Waals surface area (Å²) in [7, 11) is -4.19. The second-order valence-corrected chi connectivity index (χ2v) is 11.5. The number of sulfonamides is 1. The summed E-state index contributed by atoms with van der Waals surface area (Å²) in [5, 5.41) is 8.87. The first-order chi connectivity index (χ1) is 17.6. The zero-order chi connectivity index (χ0) is 26.4. The van der Waals surface area contributed by atoms with Crippen molar-refractivity contribution in [2.45, 2.75) is 55.6 Å². The van der Waals surface area contributed by atoms with Crippen LogP contribution in [0.15, 0.2) is 42.6 Å². The molecule has 1 saturated heterocycles. The number of rotatable bonds is 6. The number of benzene rings is 2. The van der Waals surface area contributed by atoms with Crippen molar-refractivity contribution in [3.8, 4) is 17.2 Å². The highest BCUT2D eigenvalue weighted by atomic mass is 32.2. The molecule has 1 aromatic heterocycles. The topological polar surface area (TPSA) is 84.1 Å². The van der Waals surface area contributed by atoms with Crippen molar-refractivity contribution >= 4 is 20.9 Å². The van der Waals surface area contributed by atoms with Crippen LogP contribution in [-0.2, 0) is 14.8 Å². The lowest BCUT2D eigenvalue weighted by Gasteiger charge is -2.29. The number of halogens is 4. The molecule has 1 saturated carbocycles. The number of ether oxygens (including phenoxy) is 1. The largest absolute Gasteiger partial charge is 0.408 e. The van der Waals surface area contributed by atoms with E-state index < -0.39 is 33.3 Å². The lowest BCUT2D eigenvalue weighted by molar-refractivity contribution is -0.152. The molecule has 1 atom stereocenters. The molecule has 0 amide bonds. The SMILES string of the molecule is N#Cc1cccc(F)c1-c1ccc2c(C(NS(=O)(=O)C3CCC3)C(F)(F)F)cn(C3CCOCC3)c2c1. The lowest BCUT2D eigenvalue weighted by atomic mass is 9.97. The maximum Gasteiger partial charge on any atom is 0.408 e. The number of hydrogen-bond acceptors (Lipinski definition) is 4. The van der Waals surface area contributed by atoms with Gasteiger partial charge in [-0.05, 0) is 49.4 Å². The van der Waals surface area contributed by atoms with E-state index in [0.717, 1.165) is 0 Å². The lowest BCUT2D eigenvalue weighted by Crippen LogP contribution is -2.44. The van der Waals surface area contributed by atoms with E-state index in [0.29, 0.717) is 56.4 Å². The van der Waals surface area contributed by atoms with Gasteiger partial charge in [-0.1, -0.05) is 24.6 Å². The summed E-state index contributed by atoms with van der Waals surface area (Å²) in [4.78, 5) is 0. The van der Waals surface area contributed by atoms with E-state index in [2.05, 4.69) is 0 Å². The van der Waals surface area contributed by atoms with Crippen LogP contribution in [0.3, 0.4) is 0 Å². The van der Waals surface area contributed by atoms with E-state index >= 15 is 0 Å². The minimum absolute atomic E-state index is 0.0613. The third-order valence-electron chi connectivity index (χ3n) is 7.28. The van der Waals surface area contributed by atoms with Crippen LogP contribution in [0.4, 0.5) is 17.6 Å². The van der Waals surface area contributed by atoms with Crippen LogP contribution in [0.2, 0.25) is 0 Å². The molecule has 196 valence electrons. The van der Waals surface area contributed by atoms with Gasteiger partial charge in [0.2, 0.25) is 10.0 Å². The van der Waals surface area contributed by atoms with Crippen molar-refractivity contribution < 1.29 is 30.7 Å². The summed E-state index contributed by atoms with van der Waals surface area (Å²) in [5.74, 6) is -0.621. The second kappa shape index (κ2) is 9.74. The molecule has 37 heavy (non-hydrogen) atoms. The van der Waals surface area contributed by atoms with Crippen molar-refractivity contribution in [2.24, 2.45) is 0 Å². The fourth-order valence-corrected chi connectivity index (χ4v) is 6.82. The van der Waals surface area contributed by atoms with Crippen molar-refractivity contribution in [1.82, 2.24) is 9.29 Å². The van der Waals surface area contributed by atoms with Crippen LogP contribution in [0.5, 0.6) is 0 Å². The number of fused-ring (bicyclic) bond motifs is 1. The van der Waals surface area contributed by atoms with E-state index in [1.54, 1.807) is 10.6 Å². The normalized spacial score (nSPS) is 18.5. The minimum Gasteiger partial charge on any atom is -0.381 e. The Morgan fingerprint density at radius 1 is 1.11 bits per heavy atom. The van der Waals surface area contributed by atoms with Gasteiger partial charge in [0, 0.05) is 47.5 Å². The van der Waals surface area contributed by atoms with E-state index in [4.69, 9.17) is 4.74 Å². The van der Waals surface area contributed by atoms with Gasteiger partial charge in [-0.2, -0.15) is 23.2 Å². The number of nitrogens with zero attached hydrogens (tertiary/aromatic N) is 2. The van der Waals surface area contributed by atoms with Gasteiger partial charge in [0.1, 0.15) is 11.9 Å². The van der Waals surface area contributed by atoms with Gasteiger partial charge in [0.25, 0.3) is 0 Å². The highest BCUT2D eigenvalue weighted by Crippen LogP contribution is 2.42. The Morgan fingerprint density at radius 2 is 1.84 bits per heavy atom. The van der Waals surface area contributed by atoms with Gasteiger partial charge < -0.3 is 9.30 Å². The minimum atomic E-state index is -4.89. The Labute approximate surface area is 211 Å². The zero-order valence-corrected chi connectivity index (χ0v) is 20.6. The molecule has 1 N–H and O–H groups in total. The predicted octanol–water partition coefficient (Wildman–Crippen LogP) is 5.75. The van der Waals surface area contributed by atoms with Crippen LogP contribution in [0, 0.1) is 17.1 Å². The molecule has 1 unspecified atom stereocenters. The summed E-state index contributed by atoms with van der Waals surface area (Å²) < 4.78 is 92.4. The maximum absolute atomic E-state index is 14.8. The van der Waals surface area contributed by atoms with E-state index in [1.807, 2.05) is 10.8 Å². The number of hydrogen-bond donors (Lipinski definition) is 1. The third-order valence-corrected chi connectivity index (χ3v) is 9.20. The number of nitriles is 1. The van der Waals surface area contributed by atoms with Crippen LogP contribution >= 0.6 is 0 Å². The van der Waals surface area contributed by atoms with Crippen molar-refractivity contribution in [3.05, 3.63) is 59.5 Å². The quantitative estimate of drug-likeness (QED) is 0.408. The Hall–Kier alpha value is -2.94. The van der Waals surface area contributed by atoms with E-state index in [1.165, 1.54) is 36.5 Å². The van der Waals surface area contributed by atoms with Gasteiger partial charge in [0.15, 0.2) is 0 Å². The smallest absolute Gasteiger partial charge is 0.381 e. The first-order valence-corrected chi connectivity index (χ1v) is 13.6. The Morgan fingerprint density at radius 3 is 2.46 bits per heavy atom. The van der Waals surface area contributed by atoms with Gasteiger partial charge in [-0.25, -0.2) is 12.8 Å². The molecular weight excluding hydrogens is 510 g/mol. The molecule has 2 fully saturated rings. The van der Waals surface area contributed by atoms with Crippen molar-refractivity contribution in [3.63, 3.8) is 0 Å². The van der Waals surface area contributed by atoms with Gasteiger partial charge in [-0.3, -0.25) is 0 Å². The fraction of sp³-hybridized carbons (Fsp3) is 0.423. The molecule has 0 spiro atoms. The molecule has 2 heterocycles. The maximum atomic E-state index is 14.8. The average molecular weight is 536 g/mol. The number of alkyl halides is 3. The Kier molecular flexibility index (Phi) is 6.77. The molecule has 3 aromatic rings. The number of nitrogens with one attached hydrogen (secondary N) is 1. The second-order valence-electron chi connectivity index (χ2n) is 9.53. The highest BCUT2D eigenvalue weighted by molar-refractivity contribution is 7.90. The molecule has 0 radical (unpaired) electrons. The van der Waals surface area contributed by atoms with Crippen molar-refractivity contribution in [2.75, 3.05) is 13.2 Å². The third kappa shape index (κ3) is 4.85. The molecular formula is C26H25F4N3O3S. The highest BCUT2D eigenvalue weighted by Gasteiger charge is 2.46. The fourth-order valence-electron chi connectivity index (χ4n) is 5.09. The first kappa shape index (κ1) is 25.7.